The molecule has 2 rings (SSSR count). The molecule has 1 fully saturated rings. The summed E-state index contributed by atoms with van der Waals surface area (Å²) >= 11 is 0. The predicted octanol–water partition coefficient (Wildman–Crippen LogP) is 0.669. The number of morpholine rings is 1. The van der Waals surface area contributed by atoms with Gasteiger partial charge in [0, 0.05) is 18.7 Å². The average Bonchev–Trinajstić information content (AvgIpc) is 2.41. The molecule has 1 aromatic rings. The van der Waals surface area contributed by atoms with E-state index in [1.165, 1.54) is 7.11 Å². The van der Waals surface area contributed by atoms with E-state index in [1.54, 1.807) is 18.2 Å². The topological polar surface area (TPSA) is 59.8 Å². The highest BCUT2D eigenvalue weighted by Crippen LogP contribution is 2.28. The minimum atomic E-state index is -0.405. The molecule has 0 amide bonds. The summed E-state index contributed by atoms with van der Waals surface area (Å²) < 4.78 is 25.0. The molecule has 0 spiro atoms. The molecule has 5 nitrogen and oxygen atoms in total. The molecular formula is C13H20FN3O2. The number of hydrazine groups is 1. The van der Waals surface area contributed by atoms with Crippen molar-refractivity contribution in [2.75, 3.05) is 33.9 Å². The first-order chi connectivity index (χ1) is 9.17. The number of nitrogens with zero attached hydrogens (tertiary/aromatic N) is 1. The lowest BCUT2D eigenvalue weighted by molar-refractivity contribution is -0.0399. The Morgan fingerprint density at radius 1 is 1.58 bits per heavy atom. The SMILES string of the molecule is COc1cccc(C(NN)C2CN(C)CCO2)c1F. The summed E-state index contributed by atoms with van der Waals surface area (Å²) in [5.41, 5.74) is 3.11. The first-order valence-corrected chi connectivity index (χ1v) is 6.26. The van der Waals surface area contributed by atoms with Gasteiger partial charge in [0.05, 0.1) is 25.9 Å². The quantitative estimate of drug-likeness (QED) is 0.621. The van der Waals surface area contributed by atoms with E-state index >= 15 is 0 Å². The second kappa shape index (κ2) is 6.29. The van der Waals surface area contributed by atoms with Crippen LogP contribution < -0.4 is 16.0 Å². The second-order valence-corrected chi connectivity index (χ2v) is 4.68. The second-order valence-electron chi connectivity index (χ2n) is 4.68. The molecule has 0 aliphatic carbocycles. The van der Waals surface area contributed by atoms with E-state index in [0.717, 1.165) is 6.54 Å². The molecule has 1 aromatic carbocycles. The highest BCUT2D eigenvalue weighted by atomic mass is 19.1. The molecule has 0 aromatic heterocycles. The van der Waals surface area contributed by atoms with E-state index in [0.29, 0.717) is 18.7 Å². The van der Waals surface area contributed by atoms with Crippen molar-refractivity contribution in [1.82, 2.24) is 10.3 Å². The van der Waals surface area contributed by atoms with Gasteiger partial charge in [-0.05, 0) is 13.1 Å². The zero-order valence-electron chi connectivity index (χ0n) is 11.2. The Kier molecular flexibility index (Phi) is 4.71. The average molecular weight is 269 g/mol. The number of hydrogen-bond donors (Lipinski definition) is 2. The molecule has 6 heteroatoms. The third kappa shape index (κ3) is 3.03. The maximum absolute atomic E-state index is 14.3. The molecule has 0 radical (unpaired) electrons. The van der Waals surface area contributed by atoms with Crippen molar-refractivity contribution in [3.8, 4) is 5.75 Å². The number of nitrogens with two attached hydrogens (primary N) is 1. The van der Waals surface area contributed by atoms with Crippen molar-refractivity contribution >= 4 is 0 Å². The number of methoxy groups -OCH3 is 1. The molecule has 0 bridgehead atoms. The zero-order valence-corrected chi connectivity index (χ0v) is 11.2. The van der Waals surface area contributed by atoms with E-state index in [9.17, 15) is 4.39 Å². The van der Waals surface area contributed by atoms with Gasteiger partial charge in [0.2, 0.25) is 0 Å². The van der Waals surface area contributed by atoms with Crippen molar-refractivity contribution in [3.05, 3.63) is 29.6 Å². The molecule has 1 saturated heterocycles. The third-order valence-corrected chi connectivity index (χ3v) is 3.40. The summed E-state index contributed by atoms with van der Waals surface area (Å²) in [6.07, 6.45) is -0.189. The highest BCUT2D eigenvalue weighted by Gasteiger charge is 2.30. The Morgan fingerprint density at radius 3 is 3.00 bits per heavy atom. The number of rotatable bonds is 4. The van der Waals surface area contributed by atoms with Crippen molar-refractivity contribution < 1.29 is 13.9 Å². The Morgan fingerprint density at radius 2 is 2.37 bits per heavy atom. The van der Waals surface area contributed by atoms with Crippen LogP contribution in [0.4, 0.5) is 4.39 Å². The molecule has 1 aliphatic heterocycles. The maximum Gasteiger partial charge on any atom is 0.169 e. The van der Waals surface area contributed by atoms with Gasteiger partial charge in [0.25, 0.3) is 0 Å². The highest BCUT2D eigenvalue weighted by molar-refractivity contribution is 5.33. The Hall–Kier alpha value is -1.21. The molecule has 19 heavy (non-hydrogen) atoms. The lowest BCUT2D eigenvalue weighted by Crippen LogP contribution is -2.48. The fourth-order valence-corrected chi connectivity index (χ4v) is 2.34. The van der Waals surface area contributed by atoms with E-state index in [-0.39, 0.29) is 11.9 Å². The van der Waals surface area contributed by atoms with Gasteiger partial charge in [-0.3, -0.25) is 11.3 Å². The smallest absolute Gasteiger partial charge is 0.169 e. The molecule has 106 valence electrons. The van der Waals surface area contributed by atoms with Crippen LogP contribution in [-0.2, 0) is 4.74 Å². The molecule has 0 saturated carbocycles. The third-order valence-electron chi connectivity index (χ3n) is 3.40. The largest absolute Gasteiger partial charge is 0.494 e. The summed E-state index contributed by atoms with van der Waals surface area (Å²) in [5.74, 6) is 5.40. The standard InChI is InChI=1S/C13H20FN3O2/c1-17-6-7-19-11(8-17)13(16-15)9-4-3-5-10(18-2)12(9)14/h3-5,11,13,16H,6-8,15H2,1-2H3. The van der Waals surface area contributed by atoms with Crippen LogP contribution in [-0.4, -0.2) is 44.9 Å². The van der Waals surface area contributed by atoms with Crippen LogP contribution in [0.25, 0.3) is 0 Å². The van der Waals surface area contributed by atoms with E-state index in [2.05, 4.69) is 10.3 Å². The first-order valence-electron chi connectivity index (χ1n) is 6.26. The lowest BCUT2D eigenvalue weighted by Gasteiger charge is -2.35. The van der Waals surface area contributed by atoms with E-state index in [4.69, 9.17) is 15.3 Å². The van der Waals surface area contributed by atoms with Crippen LogP contribution in [0.3, 0.4) is 0 Å². The molecule has 1 aliphatic rings. The monoisotopic (exact) mass is 269 g/mol. The summed E-state index contributed by atoms with van der Waals surface area (Å²) in [5, 5.41) is 0. The van der Waals surface area contributed by atoms with Crippen molar-refractivity contribution in [2.45, 2.75) is 12.1 Å². The molecule has 2 unspecified atom stereocenters. The summed E-state index contributed by atoms with van der Waals surface area (Å²) in [7, 11) is 3.45. The lowest BCUT2D eigenvalue weighted by atomic mass is 9.99. The minimum Gasteiger partial charge on any atom is -0.494 e. The molecule has 2 atom stereocenters. The fraction of sp³-hybridized carbons (Fsp3) is 0.538. The summed E-state index contributed by atoms with van der Waals surface area (Å²) in [6, 6.07) is 4.62. The summed E-state index contributed by atoms with van der Waals surface area (Å²) in [6.45, 7) is 2.19. The Bertz CT molecular complexity index is 430. The number of nitrogens with one attached hydrogen (secondary N) is 1. The Balaban J connectivity index is 2.26. The first kappa shape index (κ1) is 14.2. The van der Waals surface area contributed by atoms with Crippen LogP contribution >= 0.6 is 0 Å². The van der Waals surface area contributed by atoms with Gasteiger partial charge < -0.3 is 14.4 Å². The van der Waals surface area contributed by atoms with Gasteiger partial charge >= 0.3 is 0 Å². The Labute approximate surface area is 112 Å². The number of benzene rings is 1. The van der Waals surface area contributed by atoms with Gasteiger partial charge in [-0.2, -0.15) is 0 Å². The van der Waals surface area contributed by atoms with Crippen molar-refractivity contribution in [3.63, 3.8) is 0 Å². The van der Waals surface area contributed by atoms with Crippen LogP contribution in [0, 0.1) is 5.82 Å². The van der Waals surface area contributed by atoms with Gasteiger partial charge in [0.1, 0.15) is 0 Å². The maximum atomic E-state index is 14.3. The number of likely N-dealkylation sites (N-methyl/N-ethyl adjacent to an activating group) is 1. The van der Waals surface area contributed by atoms with Crippen LogP contribution in [0.5, 0.6) is 5.75 Å². The van der Waals surface area contributed by atoms with Gasteiger partial charge in [-0.25, -0.2) is 4.39 Å². The minimum absolute atomic E-state index is 0.189. The summed E-state index contributed by atoms with van der Waals surface area (Å²) in [4.78, 5) is 2.14. The predicted molar refractivity (Wildman–Crippen MR) is 70.3 cm³/mol. The van der Waals surface area contributed by atoms with Crippen molar-refractivity contribution in [1.29, 1.82) is 0 Å². The number of hydrogen-bond acceptors (Lipinski definition) is 5. The number of ether oxygens (including phenoxy) is 2. The normalized spacial score (nSPS) is 22.2. The zero-order chi connectivity index (χ0) is 13.8. The van der Waals surface area contributed by atoms with Crippen molar-refractivity contribution in [2.24, 2.45) is 5.84 Å². The van der Waals surface area contributed by atoms with Crippen LogP contribution in [0.15, 0.2) is 18.2 Å². The van der Waals surface area contributed by atoms with Crippen LogP contribution in [0.2, 0.25) is 0 Å². The van der Waals surface area contributed by atoms with E-state index in [1.807, 2.05) is 7.05 Å². The fourth-order valence-electron chi connectivity index (χ4n) is 2.34. The van der Waals surface area contributed by atoms with Gasteiger partial charge in [0.15, 0.2) is 11.6 Å². The molecular weight excluding hydrogens is 249 g/mol. The van der Waals surface area contributed by atoms with Gasteiger partial charge in [-0.1, -0.05) is 12.1 Å². The van der Waals surface area contributed by atoms with E-state index < -0.39 is 11.9 Å². The van der Waals surface area contributed by atoms with Gasteiger partial charge in [-0.15, -0.1) is 0 Å². The molecule has 3 N–H and O–H groups in total. The van der Waals surface area contributed by atoms with Crippen LogP contribution in [0.1, 0.15) is 11.6 Å². The number of halogens is 1. The molecule has 1 heterocycles.